The van der Waals surface area contributed by atoms with E-state index < -0.39 is 23.3 Å². The first-order chi connectivity index (χ1) is 15.6. The number of aromatic amines is 1. The zero-order chi connectivity index (χ0) is 23.8. The Morgan fingerprint density at radius 1 is 1.15 bits per heavy atom. The molecule has 2 aromatic heterocycles. The highest BCUT2D eigenvalue weighted by Crippen LogP contribution is 2.36. The van der Waals surface area contributed by atoms with E-state index in [0.717, 1.165) is 11.6 Å². The van der Waals surface area contributed by atoms with Crippen LogP contribution in [-0.2, 0) is 12.7 Å². The fraction of sp³-hybridized carbons (Fsp3) is 0.174. The number of carbonyl (C=O) groups excluding carboxylic acids is 1. The van der Waals surface area contributed by atoms with Gasteiger partial charge in [-0.3, -0.25) is 4.79 Å². The van der Waals surface area contributed by atoms with Gasteiger partial charge in [-0.15, -0.1) is 0 Å². The van der Waals surface area contributed by atoms with Gasteiger partial charge < -0.3 is 20.2 Å². The van der Waals surface area contributed by atoms with Crippen molar-refractivity contribution in [2.24, 2.45) is 0 Å². The predicted octanol–water partition coefficient (Wildman–Crippen LogP) is 4.67. The fourth-order valence-electron chi connectivity index (χ4n) is 3.43. The molecule has 0 fully saturated rings. The van der Waals surface area contributed by atoms with E-state index in [4.69, 9.17) is 0 Å². The number of hydrogen-bond donors (Lipinski definition) is 3. The van der Waals surface area contributed by atoms with Gasteiger partial charge in [0, 0.05) is 24.6 Å². The number of amides is 2. The molecule has 0 radical (unpaired) electrons. The number of aromatic nitrogens is 3. The molecule has 2 amide bonds. The molecule has 170 valence electrons. The highest BCUT2D eigenvalue weighted by atomic mass is 19.4. The first-order valence-corrected chi connectivity index (χ1v) is 10.0. The zero-order valence-corrected chi connectivity index (χ0v) is 17.7. The van der Waals surface area contributed by atoms with Gasteiger partial charge >= 0.3 is 12.2 Å². The van der Waals surface area contributed by atoms with E-state index in [-0.39, 0.29) is 29.0 Å². The minimum Gasteiger partial charge on any atom is -0.334 e. The van der Waals surface area contributed by atoms with Crippen LogP contribution in [0.2, 0.25) is 0 Å². The van der Waals surface area contributed by atoms with Crippen molar-refractivity contribution in [3.05, 3.63) is 87.6 Å². The summed E-state index contributed by atoms with van der Waals surface area (Å²) in [6.45, 7) is 3.50. The third kappa shape index (κ3) is 4.89. The summed E-state index contributed by atoms with van der Waals surface area (Å²) in [4.78, 5) is 30.5. The molecule has 0 aliphatic carbocycles. The maximum absolute atomic E-state index is 13.7. The fourth-order valence-corrected chi connectivity index (χ4v) is 3.43. The van der Waals surface area contributed by atoms with Gasteiger partial charge in [0.15, 0.2) is 0 Å². The smallest absolute Gasteiger partial charge is 0.334 e. The monoisotopic (exact) mass is 455 g/mol. The Morgan fingerprint density at radius 3 is 2.67 bits per heavy atom. The van der Waals surface area contributed by atoms with Gasteiger partial charge in [-0.1, -0.05) is 12.1 Å². The molecule has 0 unspecified atom stereocenters. The molecule has 0 aliphatic rings. The number of alkyl halides is 3. The molecule has 4 aromatic rings. The molecular weight excluding hydrogens is 435 g/mol. The van der Waals surface area contributed by atoms with E-state index in [1.54, 1.807) is 12.1 Å². The summed E-state index contributed by atoms with van der Waals surface area (Å²) in [7, 11) is 0. The summed E-state index contributed by atoms with van der Waals surface area (Å²) in [5.74, 6) is 0. The zero-order valence-electron chi connectivity index (χ0n) is 17.7. The third-order valence-electron chi connectivity index (χ3n) is 5.05. The highest BCUT2D eigenvalue weighted by molar-refractivity contribution is 5.89. The van der Waals surface area contributed by atoms with Crippen molar-refractivity contribution >= 4 is 22.8 Å². The molecule has 0 spiro atoms. The van der Waals surface area contributed by atoms with E-state index >= 15 is 0 Å². The minimum atomic E-state index is -4.65. The van der Waals surface area contributed by atoms with Crippen LogP contribution < -0.4 is 16.2 Å². The molecule has 10 heteroatoms. The van der Waals surface area contributed by atoms with Crippen LogP contribution in [-0.4, -0.2) is 20.6 Å². The van der Waals surface area contributed by atoms with E-state index in [2.05, 4.69) is 20.6 Å². The van der Waals surface area contributed by atoms with Crippen molar-refractivity contribution in [3.8, 4) is 5.69 Å². The Hall–Kier alpha value is -4.08. The lowest BCUT2D eigenvalue weighted by Gasteiger charge is -2.15. The van der Waals surface area contributed by atoms with Gasteiger partial charge in [-0.2, -0.15) is 13.2 Å². The maximum Gasteiger partial charge on any atom is 0.418 e. The second kappa shape index (κ2) is 8.45. The van der Waals surface area contributed by atoms with Gasteiger partial charge in [0.1, 0.15) is 5.69 Å². The Morgan fingerprint density at radius 2 is 1.94 bits per heavy atom. The Balaban J connectivity index is 1.58. The first-order valence-electron chi connectivity index (χ1n) is 10.0. The van der Waals surface area contributed by atoms with Crippen molar-refractivity contribution in [2.75, 3.05) is 5.32 Å². The number of rotatable bonds is 4. The van der Waals surface area contributed by atoms with E-state index in [1.807, 2.05) is 25.1 Å². The Bertz CT molecular complexity index is 1410. The average Bonchev–Trinajstić information content (AvgIpc) is 3.21. The number of anilines is 1. The van der Waals surface area contributed by atoms with E-state index in [0.29, 0.717) is 11.3 Å². The van der Waals surface area contributed by atoms with Crippen molar-refractivity contribution in [1.82, 2.24) is 19.9 Å². The number of nitrogens with zero attached hydrogens (tertiary/aromatic N) is 2. The maximum atomic E-state index is 13.7. The molecule has 0 saturated carbocycles. The number of hydrogen-bond acceptors (Lipinski definition) is 3. The molecule has 3 N–H and O–H groups in total. The SMILES string of the molecule is Cc1cccc(NC(=O)NCc2ccn(-c3cc4nc(C)c(=O)[nH]c4cc3C(F)(F)F)c2)c1. The van der Waals surface area contributed by atoms with Gasteiger partial charge in [-0.25, -0.2) is 9.78 Å². The summed E-state index contributed by atoms with van der Waals surface area (Å²) in [5.41, 5.74) is 1.05. The molecular formula is C23H20F3N5O2. The number of fused-ring (bicyclic) bond motifs is 1. The largest absolute Gasteiger partial charge is 0.418 e. The number of aryl methyl sites for hydroxylation is 2. The van der Waals surface area contributed by atoms with Crippen LogP contribution in [0.15, 0.2) is 59.7 Å². The predicted molar refractivity (Wildman–Crippen MR) is 118 cm³/mol. The first kappa shape index (κ1) is 22.1. The van der Waals surface area contributed by atoms with E-state index in [1.165, 1.54) is 30.0 Å². The molecule has 33 heavy (non-hydrogen) atoms. The summed E-state index contributed by atoms with van der Waals surface area (Å²) in [6.07, 6.45) is -1.67. The highest BCUT2D eigenvalue weighted by Gasteiger charge is 2.34. The van der Waals surface area contributed by atoms with Crippen LogP contribution in [0.25, 0.3) is 16.7 Å². The number of nitrogens with one attached hydrogen (secondary N) is 3. The third-order valence-corrected chi connectivity index (χ3v) is 5.05. The van der Waals surface area contributed by atoms with Crippen molar-refractivity contribution in [2.45, 2.75) is 26.6 Å². The van der Waals surface area contributed by atoms with E-state index in [9.17, 15) is 22.8 Å². The van der Waals surface area contributed by atoms with Crippen molar-refractivity contribution < 1.29 is 18.0 Å². The van der Waals surface area contributed by atoms with Gasteiger partial charge in [0.25, 0.3) is 5.56 Å². The molecule has 2 heterocycles. The lowest BCUT2D eigenvalue weighted by atomic mass is 10.1. The number of H-pyrrole nitrogens is 1. The summed E-state index contributed by atoms with van der Waals surface area (Å²) in [5, 5.41) is 5.39. The molecule has 0 saturated heterocycles. The second-order valence-corrected chi connectivity index (χ2v) is 7.64. The molecule has 2 aromatic carbocycles. The van der Waals surface area contributed by atoms with Crippen molar-refractivity contribution in [3.63, 3.8) is 0 Å². The minimum absolute atomic E-state index is 0.00328. The van der Waals surface area contributed by atoms with Crippen LogP contribution >= 0.6 is 0 Å². The molecule has 4 rings (SSSR count). The molecule has 0 aliphatic heterocycles. The molecule has 0 atom stereocenters. The lowest BCUT2D eigenvalue weighted by Crippen LogP contribution is -2.28. The standard InChI is InChI=1S/C23H20F3N5O2/c1-13-4-3-5-16(8-13)29-22(33)27-11-15-6-7-31(12-15)20-10-19-18(9-17(20)23(24,25)26)30-21(32)14(2)28-19/h3-10,12H,11H2,1-2H3,(H,30,32)(H2,27,29,33). The quantitative estimate of drug-likeness (QED) is 0.418. The van der Waals surface area contributed by atoms with Crippen LogP contribution in [0, 0.1) is 13.8 Å². The Kier molecular flexibility index (Phi) is 5.67. The van der Waals surface area contributed by atoms with Crippen LogP contribution in [0.4, 0.5) is 23.7 Å². The molecule has 7 nitrogen and oxygen atoms in total. The summed E-state index contributed by atoms with van der Waals surface area (Å²) < 4.78 is 42.6. The molecule has 0 bridgehead atoms. The Labute approximate surface area is 186 Å². The van der Waals surface area contributed by atoms with Crippen LogP contribution in [0.5, 0.6) is 0 Å². The number of benzene rings is 2. The number of halogens is 3. The van der Waals surface area contributed by atoms with Gasteiger partial charge in [0.2, 0.25) is 0 Å². The average molecular weight is 455 g/mol. The summed E-state index contributed by atoms with van der Waals surface area (Å²) >= 11 is 0. The lowest BCUT2D eigenvalue weighted by molar-refractivity contribution is -0.137. The summed E-state index contributed by atoms with van der Waals surface area (Å²) in [6, 6.07) is 10.6. The number of carbonyl (C=O) groups is 1. The van der Waals surface area contributed by atoms with Crippen molar-refractivity contribution in [1.29, 1.82) is 0 Å². The number of urea groups is 1. The second-order valence-electron chi connectivity index (χ2n) is 7.64. The van der Waals surface area contributed by atoms with Gasteiger partial charge in [0.05, 0.1) is 22.3 Å². The topological polar surface area (TPSA) is 91.8 Å². The van der Waals surface area contributed by atoms with Crippen LogP contribution in [0.3, 0.4) is 0 Å². The van der Waals surface area contributed by atoms with Crippen LogP contribution in [0.1, 0.15) is 22.4 Å². The van der Waals surface area contributed by atoms with Gasteiger partial charge in [-0.05, 0) is 55.3 Å². The normalized spacial score (nSPS) is 11.5.